The summed E-state index contributed by atoms with van der Waals surface area (Å²) < 4.78 is 0. The largest absolute Gasteiger partial charge is 0.360 e. The normalized spacial score (nSPS) is 15.6. The predicted octanol–water partition coefficient (Wildman–Crippen LogP) is 3.16. The Bertz CT molecular complexity index is 397. The van der Waals surface area contributed by atoms with Crippen LogP contribution in [0.1, 0.15) is 43.7 Å². The first-order valence-corrected chi connectivity index (χ1v) is 7.31. The summed E-state index contributed by atoms with van der Waals surface area (Å²) in [4.78, 5) is 0. The summed E-state index contributed by atoms with van der Waals surface area (Å²) in [6.45, 7) is 3.01. The van der Waals surface area contributed by atoms with Crippen LogP contribution in [0, 0.1) is 0 Å². The van der Waals surface area contributed by atoms with Crippen molar-refractivity contribution in [2.45, 2.75) is 51.6 Å². The Kier molecular flexibility index (Phi) is 5.00. The van der Waals surface area contributed by atoms with E-state index < -0.39 is 0 Å². The van der Waals surface area contributed by atoms with Gasteiger partial charge in [-0.3, -0.25) is 0 Å². The number of hydrogen-bond donors (Lipinski definition) is 2. The summed E-state index contributed by atoms with van der Waals surface area (Å²) >= 11 is 5.35. The molecule has 2 N–H and O–H groups in total. The Balaban J connectivity index is 1.81. The van der Waals surface area contributed by atoms with Gasteiger partial charge >= 0.3 is 0 Å². The van der Waals surface area contributed by atoms with E-state index in [1.165, 1.54) is 36.8 Å². The van der Waals surface area contributed by atoms with Crippen molar-refractivity contribution in [1.82, 2.24) is 10.6 Å². The highest BCUT2D eigenvalue weighted by atomic mass is 32.1. The topological polar surface area (TPSA) is 24.1 Å². The van der Waals surface area contributed by atoms with Crippen LogP contribution < -0.4 is 10.6 Å². The van der Waals surface area contributed by atoms with Gasteiger partial charge in [-0.15, -0.1) is 0 Å². The van der Waals surface area contributed by atoms with E-state index in [2.05, 4.69) is 41.8 Å². The lowest BCUT2D eigenvalue weighted by Gasteiger charge is -2.16. The second kappa shape index (κ2) is 6.74. The van der Waals surface area contributed by atoms with Gasteiger partial charge in [0.25, 0.3) is 0 Å². The van der Waals surface area contributed by atoms with Crippen molar-refractivity contribution in [2.75, 3.05) is 0 Å². The lowest BCUT2D eigenvalue weighted by molar-refractivity contribution is 0.621. The van der Waals surface area contributed by atoms with Gasteiger partial charge in [-0.2, -0.15) is 0 Å². The monoisotopic (exact) mass is 262 g/mol. The second-order valence-corrected chi connectivity index (χ2v) is 5.34. The molecule has 0 atom stereocenters. The maximum absolute atomic E-state index is 5.35. The molecule has 3 heteroatoms. The Morgan fingerprint density at radius 1 is 1.22 bits per heavy atom. The lowest BCUT2D eigenvalue weighted by Crippen LogP contribution is -2.40. The van der Waals surface area contributed by atoms with Crippen molar-refractivity contribution in [3.05, 3.63) is 35.4 Å². The van der Waals surface area contributed by atoms with Crippen molar-refractivity contribution >= 4 is 17.3 Å². The van der Waals surface area contributed by atoms with Crippen LogP contribution in [0.25, 0.3) is 0 Å². The van der Waals surface area contributed by atoms with Crippen molar-refractivity contribution in [3.8, 4) is 0 Å². The third-order valence-electron chi connectivity index (χ3n) is 3.63. The van der Waals surface area contributed by atoms with Gasteiger partial charge in [0.2, 0.25) is 0 Å². The van der Waals surface area contributed by atoms with Gasteiger partial charge in [-0.05, 0) is 42.6 Å². The molecule has 1 fully saturated rings. The van der Waals surface area contributed by atoms with Gasteiger partial charge in [-0.25, -0.2) is 0 Å². The molecule has 0 aromatic heterocycles. The SMILES string of the molecule is CCc1ccccc1CNC(=S)NC1CCCC1. The van der Waals surface area contributed by atoms with Crippen molar-refractivity contribution in [2.24, 2.45) is 0 Å². The molecule has 2 nitrogen and oxygen atoms in total. The van der Waals surface area contributed by atoms with Crippen LogP contribution >= 0.6 is 12.2 Å². The average Bonchev–Trinajstić information content (AvgIpc) is 2.89. The maximum Gasteiger partial charge on any atom is 0.166 e. The molecule has 0 bridgehead atoms. The quantitative estimate of drug-likeness (QED) is 0.815. The minimum absolute atomic E-state index is 0.589. The fraction of sp³-hybridized carbons (Fsp3) is 0.533. The highest BCUT2D eigenvalue weighted by Crippen LogP contribution is 2.17. The van der Waals surface area contributed by atoms with Gasteiger partial charge in [0.1, 0.15) is 0 Å². The van der Waals surface area contributed by atoms with Crippen molar-refractivity contribution in [1.29, 1.82) is 0 Å². The molecule has 0 radical (unpaired) electrons. The molecule has 0 aliphatic heterocycles. The molecule has 0 saturated heterocycles. The van der Waals surface area contributed by atoms with E-state index in [-0.39, 0.29) is 0 Å². The maximum atomic E-state index is 5.35. The Morgan fingerprint density at radius 2 is 1.89 bits per heavy atom. The Labute approximate surface area is 115 Å². The minimum Gasteiger partial charge on any atom is -0.360 e. The van der Waals surface area contributed by atoms with Gasteiger partial charge in [0.05, 0.1) is 0 Å². The van der Waals surface area contributed by atoms with Crippen LogP contribution in [0.3, 0.4) is 0 Å². The van der Waals surface area contributed by atoms with Crippen molar-refractivity contribution in [3.63, 3.8) is 0 Å². The highest BCUT2D eigenvalue weighted by molar-refractivity contribution is 7.80. The molecule has 1 aromatic rings. The van der Waals surface area contributed by atoms with E-state index in [0.29, 0.717) is 6.04 Å². The summed E-state index contributed by atoms with van der Waals surface area (Å²) in [5.41, 5.74) is 2.74. The molecule has 1 aliphatic rings. The van der Waals surface area contributed by atoms with E-state index in [0.717, 1.165) is 18.1 Å². The highest BCUT2D eigenvalue weighted by Gasteiger charge is 2.15. The Hall–Kier alpha value is -1.09. The number of rotatable bonds is 4. The van der Waals surface area contributed by atoms with Gasteiger partial charge in [-0.1, -0.05) is 44.0 Å². The third-order valence-corrected chi connectivity index (χ3v) is 3.89. The summed E-state index contributed by atoms with van der Waals surface area (Å²) in [7, 11) is 0. The molecule has 98 valence electrons. The first-order chi connectivity index (χ1) is 8.79. The Morgan fingerprint density at radius 3 is 2.56 bits per heavy atom. The molecular weight excluding hydrogens is 240 g/mol. The van der Waals surface area contributed by atoms with Gasteiger partial charge in [0.15, 0.2) is 5.11 Å². The zero-order valence-corrected chi connectivity index (χ0v) is 11.9. The zero-order valence-electron chi connectivity index (χ0n) is 11.0. The number of nitrogens with one attached hydrogen (secondary N) is 2. The second-order valence-electron chi connectivity index (χ2n) is 4.93. The fourth-order valence-electron chi connectivity index (χ4n) is 2.56. The van der Waals surface area contributed by atoms with Crippen LogP contribution in [0.2, 0.25) is 0 Å². The molecule has 1 aliphatic carbocycles. The van der Waals surface area contributed by atoms with E-state index in [9.17, 15) is 0 Å². The summed E-state index contributed by atoms with van der Waals surface area (Å²) in [5, 5.41) is 7.53. The van der Waals surface area contributed by atoms with Crippen LogP contribution in [-0.2, 0) is 13.0 Å². The predicted molar refractivity (Wildman–Crippen MR) is 80.6 cm³/mol. The van der Waals surface area contributed by atoms with Crippen LogP contribution in [0.5, 0.6) is 0 Å². The fourth-order valence-corrected chi connectivity index (χ4v) is 2.80. The molecular formula is C15H22N2S. The molecule has 0 unspecified atom stereocenters. The molecule has 2 rings (SSSR count). The standard InChI is InChI=1S/C15H22N2S/c1-2-12-7-3-4-8-13(12)11-16-15(18)17-14-9-5-6-10-14/h3-4,7-8,14H,2,5-6,9-11H2,1H3,(H2,16,17,18). The number of hydrogen-bond acceptors (Lipinski definition) is 1. The van der Waals surface area contributed by atoms with E-state index >= 15 is 0 Å². The first-order valence-electron chi connectivity index (χ1n) is 6.90. The van der Waals surface area contributed by atoms with E-state index in [1.54, 1.807) is 0 Å². The molecule has 18 heavy (non-hydrogen) atoms. The molecule has 1 saturated carbocycles. The van der Waals surface area contributed by atoms with Gasteiger partial charge < -0.3 is 10.6 Å². The van der Waals surface area contributed by atoms with Crippen LogP contribution in [0.15, 0.2) is 24.3 Å². The number of aryl methyl sites for hydroxylation is 1. The molecule has 0 amide bonds. The molecule has 0 heterocycles. The third kappa shape index (κ3) is 3.70. The van der Waals surface area contributed by atoms with Gasteiger partial charge in [0, 0.05) is 12.6 Å². The molecule has 1 aromatic carbocycles. The first kappa shape index (κ1) is 13.3. The van der Waals surface area contributed by atoms with E-state index in [1.807, 2.05) is 0 Å². The summed E-state index contributed by atoms with van der Waals surface area (Å²) in [6.07, 6.45) is 6.25. The average molecular weight is 262 g/mol. The van der Waals surface area contributed by atoms with Crippen LogP contribution in [0.4, 0.5) is 0 Å². The number of thiocarbonyl (C=S) groups is 1. The lowest BCUT2D eigenvalue weighted by atomic mass is 10.1. The summed E-state index contributed by atoms with van der Waals surface area (Å²) in [6, 6.07) is 9.13. The zero-order chi connectivity index (χ0) is 12.8. The van der Waals surface area contributed by atoms with Crippen molar-refractivity contribution < 1.29 is 0 Å². The van der Waals surface area contributed by atoms with E-state index in [4.69, 9.17) is 12.2 Å². The minimum atomic E-state index is 0.589. The summed E-state index contributed by atoms with van der Waals surface area (Å²) in [5.74, 6) is 0. The smallest absolute Gasteiger partial charge is 0.166 e. The van der Waals surface area contributed by atoms with Crippen LogP contribution in [-0.4, -0.2) is 11.2 Å². The number of benzene rings is 1. The molecule has 0 spiro atoms.